The van der Waals surface area contributed by atoms with E-state index in [-0.39, 0.29) is 0 Å². The first-order valence-corrected chi connectivity index (χ1v) is 10.4. The molecule has 1 atom stereocenters. The van der Waals surface area contributed by atoms with Gasteiger partial charge < -0.3 is 4.74 Å². The van der Waals surface area contributed by atoms with Gasteiger partial charge in [0.15, 0.2) is 11.6 Å². The minimum atomic E-state index is -4.86. The highest BCUT2D eigenvalue weighted by Gasteiger charge is 2.35. The largest absolute Gasteiger partial charge is 0.573 e. The summed E-state index contributed by atoms with van der Waals surface area (Å²) in [6, 6.07) is 2.76. The van der Waals surface area contributed by atoms with Gasteiger partial charge in [0.05, 0.1) is 0 Å². The van der Waals surface area contributed by atoms with Crippen molar-refractivity contribution in [3.8, 4) is 5.75 Å². The Morgan fingerprint density at radius 2 is 1.74 bits per heavy atom. The molecule has 1 aromatic carbocycles. The molecule has 5 heteroatoms. The van der Waals surface area contributed by atoms with Crippen LogP contribution in [0.25, 0.3) is 0 Å². The summed E-state index contributed by atoms with van der Waals surface area (Å²) < 4.78 is 55.4. The molecule has 1 unspecified atom stereocenters. The number of hydrogen-bond donors (Lipinski definition) is 0. The standard InChI is InChI=1S/C22H30F4O/c1-2-3-4-5-15-6-8-16(9-7-15)17-10-12-19-18(14-17)11-13-20(21(19)23)27-22(24,25)26/h11,13,15-17H,2-10,12,14H2,1H3. The number of benzene rings is 1. The van der Waals surface area contributed by atoms with Crippen LogP contribution in [-0.2, 0) is 12.8 Å². The van der Waals surface area contributed by atoms with Gasteiger partial charge in [-0.1, -0.05) is 51.5 Å². The van der Waals surface area contributed by atoms with Crippen molar-refractivity contribution in [3.05, 3.63) is 29.1 Å². The molecule has 0 aliphatic heterocycles. The molecule has 1 fully saturated rings. The van der Waals surface area contributed by atoms with Crippen molar-refractivity contribution in [1.29, 1.82) is 0 Å². The van der Waals surface area contributed by atoms with Crippen LogP contribution in [-0.4, -0.2) is 6.36 Å². The SMILES string of the molecule is CCCCCC1CCC(C2CCc3c(ccc(OC(F)(F)F)c3F)C2)CC1. The highest BCUT2D eigenvalue weighted by atomic mass is 19.4. The molecule has 0 radical (unpaired) electrons. The van der Waals surface area contributed by atoms with E-state index in [1.165, 1.54) is 51.4 Å². The maximum Gasteiger partial charge on any atom is 0.573 e. The van der Waals surface area contributed by atoms with Crippen molar-refractivity contribution in [2.24, 2.45) is 17.8 Å². The minimum absolute atomic E-state index is 0.418. The molecule has 0 aromatic heterocycles. The summed E-state index contributed by atoms with van der Waals surface area (Å²) in [7, 11) is 0. The molecule has 3 rings (SSSR count). The highest BCUT2D eigenvalue weighted by molar-refractivity contribution is 5.39. The molecule has 0 N–H and O–H groups in total. The van der Waals surface area contributed by atoms with Crippen molar-refractivity contribution >= 4 is 0 Å². The molecule has 0 bridgehead atoms. The predicted molar refractivity (Wildman–Crippen MR) is 98.2 cm³/mol. The van der Waals surface area contributed by atoms with E-state index in [2.05, 4.69) is 11.7 Å². The molecule has 0 amide bonds. The Balaban J connectivity index is 1.57. The lowest BCUT2D eigenvalue weighted by Crippen LogP contribution is -2.27. The van der Waals surface area contributed by atoms with Crippen LogP contribution in [0, 0.1) is 23.6 Å². The fourth-order valence-electron chi connectivity index (χ4n) is 5.05. The van der Waals surface area contributed by atoms with Crippen LogP contribution in [0.2, 0.25) is 0 Å². The zero-order chi connectivity index (χ0) is 19.4. The van der Waals surface area contributed by atoms with Gasteiger partial charge in [0.2, 0.25) is 0 Å². The van der Waals surface area contributed by atoms with Gasteiger partial charge >= 0.3 is 6.36 Å². The molecular weight excluding hydrogens is 356 g/mol. The van der Waals surface area contributed by atoms with Crippen LogP contribution in [0.4, 0.5) is 17.6 Å². The lowest BCUT2D eigenvalue weighted by atomic mass is 9.69. The van der Waals surface area contributed by atoms with Crippen molar-refractivity contribution in [2.75, 3.05) is 0 Å². The van der Waals surface area contributed by atoms with Gasteiger partial charge in [-0.3, -0.25) is 0 Å². The number of hydrogen-bond acceptors (Lipinski definition) is 1. The Hall–Kier alpha value is -1.26. The number of ether oxygens (including phenoxy) is 1. The van der Waals surface area contributed by atoms with Gasteiger partial charge in [-0.25, -0.2) is 4.39 Å². The first-order chi connectivity index (χ1) is 12.9. The third-order valence-electron chi connectivity index (χ3n) is 6.55. The maximum absolute atomic E-state index is 14.4. The van der Waals surface area contributed by atoms with Gasteiger partial charge in [0, 0.05) is 0 Å². The second-order valence-electron chi connectivity index (χ2n) is 8.34. The van der Waals surface area contributed by atoms with E-state index in [0.29, 0.717) is 23.8 Å². The van der Waals surface area contributed by atoms with E-state index in [1.54, 1.807) is 6.07 Å². The fraction of sp³-hybridized carbons (Fsp3) is 0.727. The molecule has 2 aliphatic carbocycles. The van der Waals surface area contributed by atoms with Gasteiger partial charge in [0.1, 0.15) is 0 Å². The smallest absolute Gasteiger partial charge is 0.403 e. The zero-order valence-corrected chi connectivity index (χ0v) is 16.1. The van der Waals surface area contributed by atoms with Gasteiger partial charge in [-0.05, 0) is 67.1 Å². The van der Waals surface area contributed by atoms with Gasteiger partial charge in [-0.2, -0.15) is 0 Å². The summed E-state index contributed by atoms with van der Waals surface area (Å²) >= 11 is 0. The number of rotatable bonds is 6. The average Bonchev–Trinajstić information content (AvgIpc) is 2.64. The molecule has 152 valence electrons. The monoisotopic (exact) mass is 386 g/mol. The van der Waals surface area contributed by atoms with E-state index in [9.17, 15) is 17.6 Å². The fourth-order valence-corrected chi connectivity index (χ4v) is 5.05. The number of fused-ring (bicyclic) bond motifs is 1. The highest BCUT2D eigenvalue weighted by Crippen LogP contribution is 2.42. The first-order valence-electron chi connectivity index (χ1n) is 10.4. The Labute approximate surface area is 159 Å². The van der Waals surface area contributed by atoms with Crippen molar-refractivity contribution in [3.63, 3.8) is 0 Å². The van der Waals surface area contributed by atoms with Gasteiger partial charge in [-0.15, -0.1) is 13.2 Å². The van der Waals surface area contributed by atoms with Crippen molar-refractivity contribution in [1.82, 2.24) is 0 Å². The molecule has 0 saturated heterocycles. The van der Waals surface area contributed by atoms with Crippen LogP contribution in [0.5, 0.6) is 5.75 Å². The van der Waals surface area contributed by atoms with E-state index in [0.717, 1.165) is 30.4 Å². The average molecular weight is 386 g/mol. The summed E-state index contributed by atoms with van der Waals surface area (Å²) in [5.74, 6) is 0.538. The molecule has 1 aromatic rings. The molecule has 0 spiro atoms. The third kappa shape index (κ3) is 5.39. The quantitative estimate of drug-likeness (QED) is 0.370. The van der Waals surface area contributed by atoms with E-state index >= 15 is 0 Å². The third-order valence-corrected chi connectivity index (χ3v) is 6.55. The van der Waals surface area contributed by atoms with Crippen molar-refractivity contribution < 1.29 is 22.3 Å². The van der Waals surface area contributed by atoms with Crippen molar-refractivity contribution in [2.45, 2.75) is 83.9 Å². The molecule has 2 aliphatic rings. The molecule has 1 saturated carbocycles. The zero-order valence-electron chi connectivity index (χ0n) is 16.1. The van der Waals surface area contributed by atoms with Gasteiger partial charge in [0.25, 0.3) is 0 Å². The molecule has 0 heterocycles. The Bertz CT molecular complexity index is 617. The normalized spacial score (nSPS) is 25.9. The first kappa shape index (κ1) is 20.5. The summed E-state index contributed by atoms with van der Waals surface area (Å²) in [6.07, 6.45) is 7.66. The molecule has 1 nitrogen and oxygen atoms in total. The topological polar surface area (TPSA) is 9.23 Å². The predicted octanol–water partition coefficient (Wildman–Crippen LogP) is 7.22. The van der Waals surface area contributed by atoms with E-state index in [1.807, 2.05) is 0 Å². The van der Waals surface area contributed by atoms with Crippen LogP contribution < -0.4 is 4.74 Å². The Morgan fingerprint density at radius 3 is 2.41 bits per heavy atom. The van der Waals surface area contributed by atoms with E-state index < -0.39 is 17.9 Å². The second kappa shape index (κ2) is 8.83. The minimum Gasteiger partial charge on any atom is -0.403 e. The molecule has 27 heavy (non-hydrogen) atoms. The number of halogens is 4. The number of alkyl halides is 3. The van der Waals surface area contributed by atoms with Crippen LogP contribution >= 0.6 is 0 Å². The lowest BCUT2D eigenvalue weighted by molar-refractivity contribution is -0.275. The Morgan fingerprint density at radius 1 is 1.00 bits per heavy atom. The number of unbranched alkanes of at least 4 members (excludes halogenated alkanes) is 2. The summed E-state index contributed by atoms with van der Waals surface area (Å²) in [6.45, 7) is 2.23. The lowest BCUT2D eigenvalue weighted by Gasteiger charge is -2.36. The maximum atomic E-state index is 14.4. The second-order valence-corrected chi connectivity index (χ2v) is 8.34. The van der Waals surface area contributed by atoms with Crippen LogP contribution in [0.15, 0.2) is 12.1 Å². The summed E-state index contributed by atoms with van der Waals surface area (Å²) in [5.41, 5.74) is 1.28. The Kier molecular flexibility index (Phi) is 6.69. The van der Waals surface area contributed by atoms with Crippen LogP contribution in [0.1, 0.15) is 75.8 Å². The molecular formula is C22H30F4O. The van der Waals surface area contributed by atoms with E-state index in [4.69, 9.17) is 0 Å². The summed E-state index contributed by atoms with van der Waals surface area (Å²) in [4.78, 5) is 0. The van der Waals surface area contributed by atoms with Crippen LogP contribution in [0.3, 0.4) is 0 Å². The summed E-state index contributed by atoms with van der Waals surface area (Å²) in [5, 5.41) is 0.